The van der Waals surface area contributed by atoms with Crippen LogP contribution in [0.1, 0.15) is 37.9 Å². The van der Waals surface area contributed by atoms with Crippen LogP contribution in [0.25, 0.3) is 5.69 Å². The molecule has 0 spiro atoms. The maximum Gasteiger partial charge on any atom is 0.170 e. The van der Waals surface area contributed by atoms with Crippen LogP contribution in [0.4, 0.5) is 5.69 Å². The summed E-state index contributed by atoms with van der Waals surface area (Å²) in [6.07, 6.45) is 6.49. The van der Waals surface area contributed by atoms with E-state index in [0.717, 1.165) is 11.5 Å². The predicted molar refractivity (Wildman–Crippen MR) is 77.3 cm³/mol. The summed E-state index contributed by atoms with van der Waals surface area (Å²) in [6.45, 7) is 0.687. The topological polar surface area (TPSA) is 81.7 Å². The number of benzene rings is 1. The van der Waals surface area contributed by atoms with Gasteiger partial charge in [0.05, 0.1) is 12.2 Å². The van der Waals surface area contributed by atoms with E-state index >= 15 is 0 Å². The van der Waals surface area contributed by atoms with Crippen molar-refractivity contribution in [1.82, 2.24) is 25.5 Å². The van der Waals surface area contributed by atoms with E-state index in [2.05, 4.69) is 20.8 Å². The van der Waals surface area contributed by atoms with Crippen molar-refractivity contribution < 1.29 is 0 Å². The average molecular weight is 272 g/mol. The second-order valence-corrected chi connectivity index (χ2v) is 5.32. The molecule has 6 nitrogen and oxygen atoms in total. The minimum atomic E-state index is 0.592. The number of hydrogen-bond donors (Lipinski definition) is 2. The Morgan fingerprint density at radius 3 is 2.90 bits per heavy atom. The van der Waals surface area contributed by atoms with Crippen LogP contribution < -0.4 is 11.1 Å². The Morgan fingerprint density at radius 1 is 1.25 bits per heavy atom. The molecule has 2 aromatic rings. The van der Waals surface area contributed by atoms with Crippen molar-refractivity contribution in [2.24, 2.45) is 0 Å². The Morgan fingerprint density at radius 2 is 2.10 bits per heavy atom. The third kappa shape index (κ3) is 2.96. The number of anilines is 1. The molecule has 1 aromatic heterocycles. The fraction of sp³-hybridized carbons (Fsp3) is 0.500. The highest BCUT2D eigenvalue weighted by Gasteiger charge is 2.15. The summed E-state index contributed by atoms with van der Waals surface area (Å²) in [6, 6.07) is 8.19. The molecule has 3 N–H and O–H groups in total. The van der Waals surface area contributed by atoms with Crippen molar-refractivity contribution in [3.8, 4) is 5.69 Å². The van der Waals surface area contributed by atoms with E-state index in [1.165, 1.54) is 32.1 Å². The normalized spacial score (nSPS) is 16.4. The number of nitrogen functional groups attached to an aromatic ring is 1. The van der Waals surface area contributed by atoms with Crippen molar-refractivity contribution in [3.05, 3.63) is 30.1 Å². The van der Waals surface area contributed by atoms with Crippen molar-refractivity contribution in [2.75, 3.05) is 5.73 Å². The number of tetrazole rings is 1. The smallest absolute Gasteiger partial charge is 0.170 e. The van der Waals surface area contributed by atoms with Crippen LogP contribution >= 0.6 is 0 Å². The molecule has 1 aromatic carbocycles. The Hall–Kier alpha value is -1.95. The van der Waals surface area contributed by atoms with Gasteiger partial charge in [0.2, 0.25) is 0 Å². The summed E-state index contributed by atoms with van der Waals surface area (Å²) < 4.78 is 1.74. The minimum Gasteiger partial charge on any atom is -0.399 e. The number of nitrogens with zero attached hydrogens (tertiary/aromatic N) is 4. The van der Waals surface area contributed by atoms with Crippen LogP contribution in [-0.4, -0.2) is 26.2 Å². The molecule has 106 valence electrons. The van der Waals surface area contributed by atoms with E-state index in [0.29, 0.717) is 18.3 Å². The molecule has 0 atom stereocenters. The molecule has 1 heterocycles. The van der Waals surface area contributed by atoms with E-state index in [-0.39, 0.29) is 0 Å². The molecule has 1 aliphatic rings. The molecule has 0 aliphatic heterocycles. The fourth-order valence-electron chi connectivity index (χ4n) is 2.72. The zero-order chi connectivity index (χ0) is 13.8. The van der Waals surface area contributed by atoms with Gasteiger partial charge in [-0.2, -0.15) is 4.68 Å². The highest BCUT2D eigenvalue weighted by molar-refractivity contribution is 5.47. The van der Waals surface area contributed by atoms with E-state index < -0.39 is 0 Å². The lowest BCUT2D eigenvalue weighted by Gasteiger charge is -2.22. The molecule has 0 saturated heterocycles. The molecule has 0 bridgehead atoms. The number of hydrogen-bond acceptors (Lipinski definition) is 5. The second-order valence-electron chi connectivity index (χ2n) is 5.32. The summed E-state index contributed by atoms with van der Waals surface area (Å²) in [5.74, 6) is 0.821. The molecule has 0 amide bonds. The Kier molecular flexibility index (Phi) is 3.92. The summed E-state index contributed by atoms with van der Waals surface area (Å²) >= 11 is 0. The lowest BCUT2D eigenvalue weighted by atomic mass is 9.95. The van der Waals surface area contributed by atoms with Gasteiger partial charge in [-0.3, -0.25) is 0 Å². The monoisotopic (exact) mass is 272 g/mol. The van der Waals surface area contributed by atoms with Gasteiger partial charge in [0, 0.05) is 11.7 Å². The van der Waals surface area contributed by atoms with Crippen LogP contribution in [0.5, 0.6) is 0 Å². The lowest BCUT2D eigenvalue weighted by Crippen LogP contribution is -2.31. The van der Waals surface area contributed by atoms with Gasteiger partial charge in [-0.15, -0.1) is 5.10 Å². The van der Waals surface area contributed by atoms with Gasteiger partial charge in [0.1, 0.15) is 0 Å². The molecule has 0 radical (unpaired) electrons. The summed E-state index contributed by atoms with van der Waals surface area (Å²) in [5.41, 5.74) is 7.42. The number of aromatic nitrogens is 4. The molecule has 1 aliphatic carbocycles. The molecule has 1 fully saturated rings. The molecule has 20 heavy (non-hydrogen) atoms. The van der Waals surface area contributed by atoms with Gasteiger partial charge in [0.15, 0.2) is 5.82 Å². The minimum absolute atomic E-state index is 0.592. The first kappa shape index (κ1) is 13.1. The Bertz CT molecular complexity index is 558. The molecular weight excluding hydrogens is 252 g/mol. The molecule has 0 unspecified atom stereocenters. The van der Waals surface area contributed by atoms with Crippen molar-refractivity contribution in [1.29, 1.82) is 0 Å². The van der Waals surface area contributed by atoms with Crippen LogP contribution in [0.15, 0.2) is 24.3 Å². The zero-order valence-electron chi connectivity index (χ0n) is 11.5. The summed E-state index contributed by atoms with van der Waals surface area (Å²) in [4.78, 5) is 0. The van der Waals surface area contributed by atoms with Crippen molar-refractivity contribution >= 4 is 5.69 Å². The quantitative estimate of drug-likeness (QED) is 0.827. The highest BCUT2D eigenvalue weighted by Crippen LogP contribution is 2.18. The Balaban J connectivity index is 1.70. The fourth-order valence-corrected chi connectivity index (χ4v) is 2.72. The van der Waals surface area contributed by atoms with Crippen molar-refractivity contribution in [2.45, 2.75) is 44.7 Å². The van der Waals surface area contributed by atoms with Crippen LogP contribution in [0.2, 0.25) is 0 Å². The molecule has 3 rings (SSSR count). The zero-order valence-corrected chi connectivity index (χ0v) is 11.5. The maximum atomic E-state index is 5.81. The maximum absolute atomic E-state index is 5.81. The third-order valence-electron chi connectivity index (χ3n) is 3.80. The highest BCUT2D eigenvalue weighted by atomic mass is 15.5. The Labute approximate surface area is 118 Å². The van der Waals surface area contributed by atoms with E-state index in [4.69, 9.17) is 5.73 Å². The largest absolute Gasteiger partial charge is 0.399 e. The molecule has 6 heteroatoms. The number of rotatable bonds is 4. The summed E-state index contributed by atoms with van der Waals surface area (Å²) in [7, 11) is 0. The van der Waals surface area contributed by atoms with Gasteiger partial charge in [-0.1, -0.05) is 25.3 Å². The van der Waals surface area contributed by atoms with E-state index in [9.17, 15) is 0 Å². The number of nitrogens with two attached hydrogens (primary N) is 1. The van der Waals surface area contributed by atoms with Gasteiger partial charge in [0.25, 0.3) is 0 Å². The van der Waals surface area contributed by atoms with Gasteiger partial charge in [-0.25, -0.2) is 0 Å². The second kappa shape index (κ2) is 6.00. The van der Waals surface area contributed by atoms with Gasteiger partial charge in [-0.05, 0) is 41.5 Å². The first-order valence-electron chi connectivity index (χ1n) is 7.19. The SMILES string of the molecule is Nc1cccc(-n2nnnc2CNC2CCCCC2)c1. The standard InChI is InChI=1S/C14H20N6/c15-11-5-4-8-13(9-11)20-14(17-18-19-20)10-16-12-6-2-1-3-7-12/h4-5,8-9,12,16H,1-3,6-7,10,15H2. The van der Waals surface area contributed by atoms with Crippen LogP contribution in [-0.2, 0) is 6.54 Å². The van der Waals surface area contributed by atoms with Crippen LogP contribution in [0, 0.1) is 0 Å². The molecular formula is C14H20N6. The number of nitrogens with one attached hydrogen (secondary N) is 1. The van der Waals surface area contributed by atoms with Gasteiger partial charge >= 0.3 is 0 Å². The molecule has 1 saturated carbocycles. The van der Waals surface area contributed by atoms with Crippen molar-refractivity contribution in [3.63, 3.8) is 0 Å². The lowest BCUT2D eigenvalue weighted by molar-refractivity contribution is 0.368. The average Bonchev–Trinajstić information content (AvgIpc) is 2.95. The van der Waals surface area contributed by atoms with Crippen LogP contribution in [0.3, 0.4) is 0 Å². The first-order chi connectivity index (χ1) is 9.83. The predicted octanol–water partition coefficient (Wildman–Crippen LogP) is 1.67. The van der Waals surface area contributed by atoms with Gasteiger partial charge < -0.3 is 11.1 Å². The third-order valence-corrected chi connectivity index (χ3v) is 3.80. The summed E-state index contributed by atoms with van der Waals surface area (Å²) in [5, 5.41) is 15.5. The van der Waals surface area contributed by atoms with E-state index in [1.54, 1.807) is 4.68 Å². The first-order valence-corrected chi connectivity index (χ1v) is 7.19. The van der Waals surface area contributed by atoms with E-state index in [1.807, 2.05) is 24.3 Å².